The van der Waals surface area contributed by atoms with E-state index in [1.165, 1.54) is 22.9 Å². The third-order valence-corrected chi connectivity index (χ3v) is 3.37. The number of amides is 1. The summed E-state index contributed by atoms with van der Waals surface area (Å²) in [5, 5.41) is 28.0. The summed E-state index contributed by atoms with van der Waals surface area (Å²) < 4.78 is 1.33. The standard InChI is InChI=1S/C13H12ClN5O5/c1-8-6-12(19(23)24)16-17(8)5-4-13(20)15-10-3-2-9(14)7-11(10)18(21)22/h2-3,6-7H,4-5H2,1H3,(H,15,20). The number of carbonyl (C=O) groups is 1. The van der Waals surface area contributed by atoms with Gasteiger partial charge < -0.3 is 15.4 Å². The molecule has 0 radical (unpaired) electrons. The van der Waals surface area contributed by atoms with Crippen molar-refractivity contribution in [3.8, 4) is 0 Å². The molecule has 11 heteroatoms. The third-order valence-electron chi connectivity index (χ3n) is 3.14. The minimum Gasteiger partial charge on any atom is -0.358 e. The van der Waals surface area contributed by atoms with E-state index in [2.05, 4.69) is 10.4 Å². The van der Waals surface area contributed by atoms with Crippen LogP contribution in [-0.4, -0.2) is 25.5 Å². The summed E-state index contributed by atoms with van der Waals surface area (Å²) in [5.74, 6) is -0.792. The number of nitro benzene ring substituents is 1. The molecule has 1 N–H and O–H groups in total. The zero-order valence-corrected chi connectivity index (χ0v) is 13.2. The quantitative estimate of drug-likeness (QED) is 0.626. The van der Waals surface area contributed by atoms with Gasteiger partial charge in [-0.2, -0.15) is 4.68 Å². The lowest BCUT2D eigenvalue weighted by Gasteiger charge is -2.06. The summed E-state index contributed by atoms with van der Waals surface area (Å²) in [6, 6.07) is 5.19. The molecule has 0 fully saturated rings. The van der Waals surface area contributed by atoms with Crippen molar-refractivity contribution in [3.05, 3.63) is 55.2 Å². The minimum atomic E-state index is -0.650. The molecule has 1 amide bonds. The van der Waals surface area contributed by atoms with Gasteiger partial charge in [-0.15, -0.1) is 0 Å². The average Bonchev–Trinajstić information content (AvgIpc) is 2.88. The number of hydrogen-bond donors (Lipinski definition) is 1. The highest BCUT2D eigenvalue weighted by Crippen LogP contribution is 2.27. The zero-order valence-electron chi connectivity index (χ0n) is 12.4. The topological polar surface area (TPSA) is 133 Å². The van der Waals surface area contributed by atoms with Gasteiger partial charge >= 0.3 is 5.82 Å². The van der Waals surface area contributed by atoms with Crippen molar-refractivity contribution in [2.75, 3.05) is 5.32 Å². The molecule has 1 aromatic carbocycles. The maximum Gasteiger partial charge on any atom is 0.390 e. The second kappa shape index (κ2) is 7.04. The number of hydrogen-bond acceptors (Lipinski definition) is 6. The van der Waals surface area contributed by atoms with Gasteiger partial charge in [-0.1, -0.05) is 11.6 Å². The molecule has 0 spiro atoms. The maximum absolute atomic E-state index is 12.0. The Morgan fingerprint density at radius 3 is 2.58 bits per heavy atom. The number of anilines is 1. The summed E-state index contributed by atoms with van der Waals surface area (Å²) in [7, 11) is 0. The summed E-state index contributed by atoms with van der Waals surface area (Å²) in [6.45, 7) is 1.73. The van der Waals surface area contributed by atoms with Crippen LogP contribution in [0.5, 0.6) is 0 Å². The molecule has 2 rings (SSSR count). The first-order valence-corrected chi connectivity index (χ1v) is 7.08. The highest BCUT2D eigenvalue weighted by atomic mass is 35.5. The van der Waals surface area contributed by atoms with E-state index >= 15 is 0 Å². The third kappa shape index (κ3) is 4.04. The molecular formula is C13H12ClN5O5. The molecule has 126 valence electrons. The number of aromatic nitrogens is 2. The van der Waals surface area contributed by atoms with Crippen molar-refractivity contribution < 1.29 is 14.6 Å². The average molecular weight is 354 g/mol. The number of carbonyl (C=O) groups excluding carboxylic acids is 1. The van der Waals surface area contributed by atoms with E-state index in [4.69, 9.17) is 11.6 Å². The molecule has 0 saturated heterocycles. The van der Waals surface area contributed by atoms with Crippen LogP contribution in [0.2, 0.25) is 5.02 Å². The molecule has 0 saturated carbocycles. The molecule has 24 heavy (non-hydrogen) atoms. The fourth-order valence-electron chi connectivity index (χ4n) is 1.99. The summed E-state index contributed by atoms with van der Waals surface area (Å²) >= 11 is 5.70. The first-order valence-electron chi connectivity index (χ1n) is 6.70. The lowest BCUT2D eigenvalue weighted by Crippen LogP contribution is -2.16. The smallest absolute Gasteiger partial charge is 0.358 e. The number of halogens is 1. The van der Waals surface area contributed by atoms with E-state index in [9.17, 15) is 25.0 Å². The highest BCUT2D eigenvalue weighted by molar-refractivity contribution is 6.31. The van der Waals surface area contributed by atoms with Crippen LogP contribution >= 0.6 is 11.6 Å². The van der Waals surface area contributed by atoms with Gasteiger partial charge in [0, 0.05) is 17.5 Å². The van der Waals surface area contributed by atoms with Crippen LogP contribution in [0.25, 0.3) is 0 Å². The van der Waals surface area contributed by atoms with Crippen molar-refractivity contribution in [3.63, 3.8) is 0 Å². The molecule has 10 nitrogen and oxygen atoms in total. The van der Waals surface area contributed by atoms with E-state index in [0.717, 1.165) is 6.07 Å². The van der Waals surface area contributed by atoms with Gasteiger partial charge in [0.2, 0.25) is 5.91 Å². The van der Waals surface area contributed by atoms with E-state index in [0.29, 0.717) is 5.69 Å². The zero-order chi connectivity index (χ0) is 17.9. The monoisotopic (exact) mass is 353 g/mol. The Hall–Kier alpha value is -3.01. The van der Waals surface area contributed by atoms with Crippen molar-refractivity contribution in [2.45, 2.75) is 19.9 Å². The summed E-state index contributed by atoms with van der Waals surface area (Å²) in [5.41, 5.74) is 0.242. The molecule has 0 aliphatic rings. The predicted molar refractivity (Wildman–Crippen MR) is 85.0 cm³/mol. The largest absolute Gasteiger partial charge is 0.390 e. The van der Waals surface area contributed by atoms with Crippen LogP contribution in [-0.2, 0) is 11.3 Å². The van der Waals surface area contributed by atoms with Gasteiger partial charge in [-0.3, -0.25) is 14.9 Å². The van der Waals surface area contributed by atoms with Gasteiger partial charge in [-0.25, -0.2) is 0 Å². The van der Waals surface area contributed by atoms with Gasteiger partial charge in [0.1, 0.15) is 5.69 Å². The van der Waals surface area contributed by atoms with Crippen LogP contribution in [0.1, 0.15) is 12.1 Å². The molecule has 1 heterocycles. The maximum atomic E-state index is 12.0. The number of nitrogens with one attached hydrogen (secondary N) is 1. The number of nitrogens with zero attached hydrogens (tertiary/aromatic N) is 4. The fraction of sp³-hybridized carbons (Fsp3) is 0.231. The van der Waals surface area contributed by atoms with Crippen LogP contribution in [0, 0.1) is 27.2 Å². The number of aryl methyl sites for hydroxylation is 2. The SMILES string of the molecule is Cc1cc([N+](=O)[O-])nn1CCC(=O)Nc1ccc(Cl)cc1[N+](=O)[O-]. The van der Waals surface area contributed by atoms with Crippen LogP contribution in [0.4, 0.5) is 17.2 Å². The van der Waals surface area contributed by atoms with Gasteiger partial charge in [-0.05, 0) is 24.0 Å². The van der Waals surface area contributed by atoms with Crippen molar-refractivity contribution in [1.82, 2.24) is 9.78 Å². The number of nitro groups is 2. The lowest BCUT2D eigenvalue weighted by atomic mass is 10.2. The number of rotatable bonds is 6. The predicted octanol–water partition coefficient (Wildman–Crippen LogP) is 2.69. The van der Waals surface area contributed by atoms with E-state index in [1.807, 2.05) is 0 Å². The Labute approximate surface area is 140 Å². The fourth-order valence-corrected chi connectivity index (χ4v) is 2.16. The van der Waals surface area contributed by atoms with Crippen molar-refractivity contribution in [2.24, 2.45) is 0 Å². The van der Waals surface area contributed by atoms with Crippen molar-refractivity contribution >= 4 is 34.7 Å². The Balaban J connectivity index is 2.04. The first-order chi connectivity index (χ1) is 11.3. The van der Waals surface area contributed by atoms with Crippen LogP contribution in [0.3, 0.4) is 0 Å². The van der Waals surface area contributed by atoms with Crippen molar-refractivity contribution in [1.29, 1.82) is 0 Å². The van der Waals surface area contributed by atoms with Gasteiger partial charge in [0.25, 0.3) is 5.69 Å². The molecule has 0 atom stereocenters. The molecule has 2 aromatic rings. The molecular weight excluding hydrogens is 342 g/mol. The Morgan fingerprint density at radius 2 is 2.00 bits per heavy atom. The molecule has 1 aromatic heterocycles. The Morgan fingerprint density at radius 1 is 1.29 bits per heavy atom. The highest BCUT2D eigenvalue weighted by Gasteiger charge is 2.18. The first kappa shape index (κ1) is 17.3. The molecule has 0 unspecified atom stereocenters. The summed E-state index contributed by atoms with van der Waals surface area (Å²) in [4.78, 5) is 32.3. The summed E-state index contributed by atoms with van der Waals surface area (Å²) in [6.07, 6.45) is -0.0561. The molecule has 0 bridgehead atoms. The van der Waals surface area contributed by atoms with E-state index < -0.39 is 15.8 Å². The number of benzene rings is 1. The lowest BCUT2D eigenvalue weighted by molar-refractivity contribution is -0.389. The minimum absolute atomic E-state index is 0.0255. The molecule has 0 aliphatic heterocycles. The second-order valence-corrected chi connectivity index (χ2v) is 5.28. The Kier molecular flexibility index (Phi) is 5.09. The normalized spacial score (nSPS) is 10.4. The van der Waals surface area contributed by atoms with Gasteiger partial charge in [0.15, 0.2) is 0 Å². The molecule has 0 aliphatic carbocycles. The van der Waals surface area contributed by atoms with Gasteiger partial charge in [0.05, 0.1) is 28.3 Å². The second-order valence-electron chi connectivity index (χ2n) is 4.84. The van der Waals surface area contributed by atoms with E-state index in [1.54, 1.807) is 6.92 Å². The Bertz CT molecular complexity index is 819. The van der Waals surface area contributed by atoms with Crippen LogP contribution < -0.4 is 5.32 Å². The van der Waals surface area contributed by atoms with E-state index in [-0.39, 0.29) is 35.2 Å². The van der Waals surface area contributed by atoms with Crippen LogP contribution in [0.15, 0.2) is 24.3 Å².